The van der Waals surface area contributed by atoms with Crippen molar-refractivity contribution >= 4 is 5.69 Å². The minimum absolute atomic E-state index is 0.0191. The Hall–Kier alpha value is -1.66. The van der Waals surface area contributed by atoms with E-state index in [2.05, 4.69) is 4.90 Å². The standard InChI is InChI=1S/C14H20N2O4/c1-3-6-14(17)9-15(10-14)8-11-4-5-13(20-2)12(7-11)16(18)19/h4-5,7,17H,3,6,8-10H2,1-2H3. The topological polar surface area (TPSA) is 75.8 Å². The van der Waals surface area contributed by atoms with E-state index in [0.717, 1.165) is 18.4 Å². The van der Waals surface area contributed by atoms with E-state index in [-0.39, 0.29) is 11.4 Å². The molecule has 0 atom stereocenters. The van der Waals surface area contributed by atoms with E-state index in [1.807, 2.05) is 13.0 Å². The molecule has 1 aliphatic rings. The first-order valence-corrected chi connectivity index (χ1v) is 6.73. The highest BCUT2D eigenvalue weighted by molar-refractivity contribution is 5.48. The van der Waals surface area contributed by atoms with Crippen LogP contribution in [0.1, 0.15) is 25.3 Å². The molecule has 6 heteroatoms. The van der Waals surface area contributed by atoms with E-state index >= 15 is 0 Å². The predicted molar refractivity (Wildman–Crippen MR) is 74.8 cm³/mol. The number of β-amino-alcohol motifs (C(OH)–C–C–N with tert-alkyl or cyclic N) is 1. The van der Waals surface area contributed by atoms with E-state index in [1.165, 1.54) is 13.2 Å². The Morgan fingerprint density at radius 2 is 2.20 bits per heavy atom. The van der Waals surface area contributed by atoms with E-state index < -0.39 is 10.5 Å². The van der Waals surface area contributed by atoms with Crippen LogP contribution < -0.4 is 4.74 Å². The minimum Gasteiger partial charge on any atom is -0.490 e. The SMILES string of the molecule is CCCC1(O)CN(Cc2ccc(OC)c([N+](=O)[O-])c2)C1. The van der Waals surface area contributed by atoms with Gasteiger partial charge in [0, 0.05) is 25.7 Å². The number of aliphatic hydroxyl groups is 1. The molecule has 0 spiro atoms. The van der Waals surface area contributed by atoms with Crippen molar-refractivity contribution in [3.05, 3.63) is 33.9 Å². The minimum atomic E-state index is -0.576. The molecule has 0 aliphatic carbocycles. The van der Waals surface area contributed by atoms with Gasteiger partial charge in [0.15, 0.2) is 5.75 Å². The largest absolute Gasteiger partial charge is 0.490 e. The second-order valence-corrected chi connectivity index (χ2v) is 5.38. The monoisotopic (exact) mass is 280 g/mol. The molecular weight excluding hydrogens is 260 g/mol. The van der Waals surface area contributed by atoms with Crippen LogP contribution in [0.3, 0.4) is 0 Å². The fourth-order valence-corrected chi connectivity index (χ4v) is 2.76. The van der Waals surface area contributed by atoms with Crippen molar-refractivity contribution in [2.45, 2.75) is 31.9 Å². The third-order valence-corrected chi connectivity index (χ3v) is 3.60. The number of benzene rings is 1. The lowest BCUT2D eigenvalue weighted by atomic mass is 9.89. The Bertz CT molecular complexity index is 498. The van der Waals surface area contributed by atoms with Crippen molar-refractivity contribution in [2.24, 2.45) is 0 Å². The van der Waals surface area contributed by atoms with E-state index in [0.29, 0.717) is 19.6 Å². The first-order valence-electron chi connectivity index (χ1n) is 6.73. The zero-order valence-corrected chi connectivity index (χ0v) is 11.8. The molecule has 1 heterocycles. The number of hydrogen-bond acceptors (Lipinski definition) is 5. The lowest BCUT2D eigenvalue weighted by Gasteiger charge is -2.46. The van der Waals surface area contributed by atoms with Crippen LogP contribution in [-0.4, -0.2) is 40.7 Å². The van der Waals surface area contributed by atoms with Crippen LogP contribution in [0.15, 0.2) is 18.2 Å². The number of ether oxygens (including phenoxy) is 1. The van der Waals surface area contributed by atoms with Crippen LogP contribution in [0.2, 0.25) is 0 Å². The average molecular weight is 280 g/mol. The van der Waals surface area contributed by atoms with Crippen LogP contribution in [0.4, 0.5) is 5.69 Å². The average Bonchev–Trinajstić information content (AvgIpc) is 2.37. The normalized spacial score (nSPS) is 17.6. The summed E-state index contributed by atoms with van der Waals surface area (Å²) in [6.07, 6.45) is 1.75. The molecule has 110 valence electrons. The molecule has 1 fully saturated rings. The van der Waals surface area contributed by atoms with Gasteiger partial charge in [-0.1, -0.05) is 19.4 Å². The van der Waals surface area contributed by atoms with Crippen molar-refractivity contribution in [1.29, 1.82) is 0 Å². The van der Waals surface area contributed by atoms with Crippen molar-refractivity contribution in [3.63, 3.8) is 0 Å². The lowest BCUT2D eigenvalue weighted by Crippen LogP contribution is -2.60. The van der Waals surface area contributed by atoms with E-state index in [1.54, 1.807) is 6.07 Å². The maximum Gasteiger partial charge on any atom is 0.311 e. The quantitative estimate of drug-likeness (QED) is 0.636. The van der Waals surface area contributed by atoms with Gasteiger partial charge in [0.2, 0.25) is 0 Å². The summed E-state index contributed by atoms with van der Waals surface area (Å²) in [4.78, 5) is 12.6. The Labute approximate surface area is 118 Å². The van der Waals surface area contributed by atoms with Gasteiger partial charge in [-0.3, -0.25) is 15.0 Å². The number of nitro benzene ring substituents is 1. The third-order valence-electron chi connectivity index (χ3n) is 3.60. The molecule has 0 radical (unpaired) electrons. The summed E-state index contributed by atoms with van der Waals surface area (Å²) >= 11 is 0. The smallest absolute Gasteiger partial charge is 0.311 e. The van der Waals surface area contributed by atoms with Gasteiger partial charge < -0.3 is 9.84 Å². The summed E-state index contributed by atoms with van der Waals surface area (Å²) in [5.41, 5.74) is 0.262. The molecule has 2 rings (SSSR count). The molecule has 0 unspecified atom stereocenters. The number of rotatable bonds is 6. The van der Waals surface area contributed by atoms with Gasteiger partial charge in [-0.05, 0) is 18.1 Å². The van der Waals surface area contributed by atoms with E-state index in [9.17, 15) is 15.2 Å². The summed E-state index contributed by atoms with van der Waals surface area (Å²) < 4.78 is 4.98. The summed E-state index contributed by atoms with van der Waals surface area (Å²) in [5.74, 6) is 0.268. The molecule has 1 aromatic carbocycles. The van der Waals surface area contributed by atoms with Crippen molar-refractivity contribution < 1.29 is 14.8 Å². The highest BCUT2D eigenvalue weighted by atomic mass is 16.6. The molecule has 0 saturated carbocycles. The number of likely N-dealkylation sites (tertiary alicyclic amines) is 1. The van der Waals surface area contributed by atoms with Gasteiger partial charge in [0.05, 0.1) is 17.6 Å². The summed E-state index contributed by atoms with van der Waals surface area (Å²) in [5, 5.41) is 21.1. The molecule has 1 N–H and O–H groups in total. The number of nitro groups is 1. The molecule has 0 aromatic heterocycles. The zero-order chi connectivity index (χ0) is 14.8. The van der Waals surface area contributed by atoms with Crippen molar-refractivity contribution in [2.75, 3.05) is 20.2 Å². The van der Waals surface area contributed by atoms with Crippen LogP contribution in [-0.2, 0) is 6.54 Å². The number of methoxy groups -OCH3 is 1. The molecule has 1 saturated heterocycles. The second kappa shape index (κ2) is 5.76. The Balaban J connectivity index is 2.01. The summed E-state index contributed by atoms with van der Waals surface area (Å²) in [6, 6.07) is 4.98. The van der Waals surface area contributed by atoms with Crippen LogP contribution in [0, 0.1) is 10.1 Å². The fraction of sp³-hybridized carbons (Fsp3) is 0.571. The van der Waals surface area contributed by atoms with Crippen LogP contribution >= 0.6 is 0 Å². The summed E-state index contributed by atoms with van der Waals surface area (Å²) in [6.45, 7) is 3.91. The second-order valence-electron chi connectivity index (χ2n) is 5.38. The Morgan fingerprint density at radius 1 is 1.50 bits per heavy atom. The van der Waals surface area contributed by atoms with Crippen molar-refractivity contribution in [1.82, 2.24) is 4.90 Å². The van der Waals surface area contributed by atoms with Gasteiger partial charge in [-0.2, -0.15) is 0 Å². The molecule has 1 aromatic rings. The van der Waals surface area contributed by atoms with Crippen molar-refractivity contribution in [3.8, 4) is 5.75 Å². The third kappa shape index (κ3) is 3.08. The molecule has 1 aliphatic heterocycles. The Kier molecular flexibility index (Phi) is 4.25. The maximum absolute atomic E-state index is 11.0. The molecular formula is C14H20N2O4. The van der Waals surface area contributed by atoms with Gasteiger partial charge in [-0.25, -0.2) is 0 Å². The van der Waals surface area contributed by atoms with Crippen LogP contribution in [0.25, 0.3) is 0 Å². The molecule has 0 bridgehead atoms. The van der Waals surface area contributed by atoms with Gasteiger partial charge >= 0.3 is 5.69 Å². The fourth-order valence-electron chi connectivity index (χ4n) is 2.76. The highest BCUT2D eigenvalue weighted by Gasteiger charge is 2.39. The van der Waals surface area contributed by atoms with Crippen LogP contribution in [0.5, 0.6) is 5.75 Å². The van der Waals surface area contributed by atoms with Gasteiger partial charge in [0.1, 0.15) is 0 Å². The molecule has 0 amide bonds. The van der Waals surface area contributed by atoms with Gasteiger partial charge in [-0.15, -0.1) is 0 Å². The molecule has 6 nitrogen and oxygen atoms in total. The first kappa shape index (κ1) is 14.7. The highest BCUT2D eigenvalue weighted by Crippen LogP contribution is 2.31. The maximum atomic E-state index is 11.0. The molecule has 20 heavy (non-hydrogen) atoms. The zero-order valence-electron chi connectivity index (χ0n) is 11.8. The van der Waals surface area contributed by atoms with Gasteiger partial charge in [0.25, 0.3) is 0 Å². The number of nitrogens with zero attached hydrogens (tertiary/aromatic N) is 2. The first-order chi connectivity index (χ1) is 9.47. The predicted octanol–water partition coefficient (Wildman–Crippen LogP) is 1.95. The Morgan fingerprint density at radius 3 is 2.75 bits per heavy atom. The van der Waals surface area contributed by atoms with E-state index in [4.69, 9.17) is 4.74 Å². The lowest BCUT2D eigenvalue weighted by molar-refractivity contribution is -0.385. The summed E-state index contributed by atoms with van der Waals surface area (Å²) in [7, 11) is 1.42. The number of hydrogen-bond donors (Lipinski definition) is 1.